The van der Waals surface area contributed by atoms with Gasteiger partial charge < -0.3 is 4.74 Å². The molecular weight excluding hydrogens is 400 g/mol. The molecule has 2 aromatic rings. The third-order valence-electron chi connectivity index (χ3n) is 2.49. The zero-order chi connectivity index (χ0) is 15.1. The van der Waals surface area contributed by atoms with Crippen LogP contribution in [0.4, 0.5) is 0 Å². The summed E-state index contributed by atoms with van der Waals surface area (Å²) < 4.78 is 7.09. The molecule has 108 valence electrons. The molecule has 21 heavy (non-hydrogen) atoms. The summed E-state index contributed by atoms with van der Waals surface area (Å²) in [6.07, 6.45) is 1.57. The van der Waals surface area contributed by atoms with Crippen molar-refractivity contribution in [1.29, 1.82) is 0 Å². The van der Waals surface area contributed by atoms with Crippen molar-refractivity contribution >= 4 is 44.0 Å². The number of hydrazone groups is 1. The van der Waals surface area contributed by atoms with E-state index in [1.165, 1.54) is 0 Å². The first-order valence-corrected chi connectivity index (χ1v) is 7.69. The highest BCUT2D eigenvalue weighted by molar-refractivity contribution is 9.10. The Bertz CT molecular complexity index is 660. The van der Waals surface area contributed by atoms with Gasteiger partial charge >= 0.3 is 0 Å². The van der Waals surface area contributed by atoms with Crippen molar-refractivity contribution in [3.8, 4) is 5.75 Å². The van der Waals surface area contributed by atoms with E-state index in [1.807, 2.05) is 42.5 Å². The Balaban J connectivity index is 1.83. The minimum absolute atomic E-state index is 0.101. The fourth-order valence-corrected chi connectivity index (χ4v) is 2.28. The van der Waals surface area contributed by atoms with Crippen molar-refractivity contribution in [2.45, 2.75) is 0 Å². The van der Waals surface area contributed by atoms with Gasteiger partial charge in [0.25, 0.3) is 5.91 Å². The summed E-state index contributed by atoms with van der Waals surface area (Å²) in [5.74, 6) is 0.288. The fourth-order valence-electron chi connectivity index (χ4n) is 1.49. The molecule has 4 nitrogen and oxygen atoms in total. The largest absolute Gasteiger partial charge is 0.483 e. The average Bonchev–Trinajstić information content (AvgIpc) is 2.48. The minimum atomic E-state index is -0.325. The Labute approximate surface area is 139 Å². The van der Waals surface area contributed by atoms with E-state index in [0.717, 1.165) is 14.5 Å². The topological polar surface area (TPSA) is 50.7 Å². The van der Waals surface area contributed by atoms with Crippen LogP contribution in [0.2, 0.25) is 0 Å². The van der Waals surface area contributed by atoms with Crippen molar-refractivity contribution in [3.63, 3.8) is 0 Å². The molecule has 0 aliphatic heterocycles. The molecule has 0 aliphatic rings. The second-order valence-corrected chi connectivity index (χ2v) is 5.74. The van der Waals surface area contributed by atoms with E-state index in [4.69, 9.17) is 4.74 Å². The molecule has 2 rings (SSSR count). The molecule has 0 heterocycles. The van der Waals surface area contributed by atoms with Crippen molar-refractivity contribution in [3.05, 3.63) is 63.0 Å². The Kier molecular flexibility index (Phi) is 5.95. The summed E-state index contributed by atoms with van der Waals surface area (Å²) in [6.45, 7) is -0.101. The summed E-state index contributed by atoms with van der Waals surface area (Å²) in [4.78, 5) is 11.6. The van der Waals surface area contributed by atoms with E-state index in [-0.39, 0.29) is 12.5 Å². The maximum Gasteiger partial charge on any atom is 0.277 e. The van der Waals surface area contributed by atoms with Gasteiger partial charge in [-0.2, -0.15) is 5.10 Å². The molecule has 0 bridgehead atoms. The van der Waals surface area contributed by atoms with Gasteiger partial charge in [0.1, 0.15) is 5.75 Å². The number of halogens is 2. The van der Waals surface area contributed by atoms with Gasteiger partial charge in [-0.1, -0.05) is 46.3 Å². The summed E-state index contributed by atoms with van der Waals surface area (Å²) in [5, 5.41) is 3.89. The van der Waals surface area contributed by atoms with Crippen LogP contribution < -0.4 is 10.2 Å². The lowest BCUT2D eigenvalue weighted by Gasteiger charge is -2.06. The van der Waals surface area contributed by atoms with Crippen LogP contribution in [-0.4, -0.2) is 18.7 Å². The van der Waals surface area contributed by atoms with Crippen LogP contribution in [0.25, 0.3) is 0 Å². The number of para-hydroxylation sites is 1. The molecule has 0 unspecified atom stereocenters. The van der Waals surface area contributed by atoms with Gasteiger partial charge in [0.2, 0.25) is 0 Å². The first-order valence-electron chi connectivity index (χ1n) is 6.10. The highest BCUT2D eigenvalue weighted by Crippen LogP contribution is 2.23. The van der Waals surface area contributed by atoms with Crippen molar-refractivity contribution in [1.82, 2.24) is 5.43 Å². The normalized spacial score (nSPS) is 10.6. The fraction of sp³-hybridized carbons (Fsp3) is 0.0667. The monoisotopic (exact) mass is 410 g/mol. The van der Waals surface area contributed by atoms with E-state index in [1.54, 1.807) is 12.3 Å². The quantitative estimate of drug-likeness (QED) is 0.601. The van der Waals surface area contributed by atoms with Crippen molar-refractivity contribution in [2.75, 3.05) is 6.61 Å². The number of carbonyl (C=O) groups excluding carboxylic acids is 1. The zero-order valence-electron chi connectivity index (χ0n) is 10.9. The number of amides is 1. The van der Waals surface area contributed by atoms with Gasteiger partial charge in [-0.05, 0) is 34.1 Å². The van der Waals surface area contributed by atoms with Gasteiger partial charge in [-0.15, -0.1) is 0 Å². The second-order valence-electron chi connectivity index (χ2n) is 4.03. The van der Waals surface area contributed by atoms with Crippen LogP contribution in [0.3, 0.4) is 0 Å². The molecule has 0 atom stereocenters. The first kappa shape index (κ1) is 15.7. The van der Waals surface area contributed by atoms with Gasteiger partial charge in [0.05, 0.1) is 10.7 Å². The molecule has 0 saturated heterocycles. The average molecular weight is 412 g/mol. The van der Waals surface area contributed by atoms with Gasteiger partial charge in [0.15, 0.2) is 6.61 Å². The maximum absolute atomic E-state index is 11.6. The van der Waals surface area contributed by atoms with E-state index in [9.17, 15) is 4.79 Å². The van der Waals surface area contributed by atoms with Crippen LogP contribution in [0, 0.1) is 0 Å². The summed E-state index contributed by atoms with van der Waals surface area (Å²) in [6, 6.07) is 14.9. The van der Waals surface area contributed by atoms with Crippen molar-refractivity contribution in [2.24, 2.45) is 5.10 Å². The lowest BCUT2D eigenvalue weighted by Crippen LogP contribution is -2.24. The van der Waals surface area contributed by atoms with E-state index < -0.39 is 0 Å². The number of hydrogen-bond acceptors (Lipinski definition) is 3. The number of ether oxygens (including phenoxy) is 1. The van der Waals surface area contributed by atoms with E-state index in [2.05, 4.69) is 42.4 Å². The molecule has 2 aromatic carbocycles. The molecule has 0 aromatic heterocycles. The summed E-state index contributed by atoms with van der Waals surface area (Å²) in [5.41, 5.74) is 3.30. The highest BCUT2D eigenvalue weighted by Gasteiger charge is 2.04. The van der Waals surface area contributed by atoms with Crippen LogP contribution in [0.1, 0.15) is 5.56 Å². The molecule has 0 radical (unpaired) electrons. The molecular formula is C15H12Br2N2O2. The summed E-state index contributed by atoms with van der Waals surface area (Å²) >= 11 is 6.74. The smallest absolute Gasteiger partial charge is 0.277 e. The number of nitrogens with one attached hydrogen (secondary N) is 1. The SMILES string of the molecule is O=C(COc1ccccc1Br)NN=Cc1ccccc1Br. The van der Waals surface area contributed by atoms with Crippen LogP contribution in [-0.2, 0) is 4.79 Å². The number of nitrogens with zero attached hydrogens (tertiary/aromatic N) is 1. The number of benzene rings is 2. The lowest BCUT2D eigenvalue weighted by molar-refractivity contribution is -0.123. The maximum atomic E-state index is 11.6. The van der Waals surface area contributed by atoms with Crippen LogP contribution in [0.15, 0.2) is 62.6 Å². The Morgan fingerprint density at radius 1 is 1.10 bits per heavy atom. The second kappa shape index (κ2) is 7.95. The minimum Gasteiger partial charge on any atom is -0.483 e. The number of rotatable bonds is 5. The Hall–Kier alpha value is -1.66. The van der Waals surface area contributed by atoms with Gasteiger partial charge in [0, 0.05) is 10.0 Å². The van der Waals surface area contributed by atoms with Crippen molar-refractivity contribution < 1.29 is 9.53 Å². The zero-order valence-corrected chi connectivity index (χ0v) is 14.1. The van der Waals surface area contributed by atoms with Gasteiger partial charge in [-0.25, -0.2) is 5.43 Å². The lowest BCUT2D eigenvalue weighted by atomic mass is 10.2. The number of hydrogen-bond donors (Lipinski definition) is 1. The van der Waals surface area contributed by atoms with Crippen LogP contribution >= 0.6 is 31.9 Å². The Morgan fingerprint density at radius 3 is 2.48 bits per heavy atom. The molecule has 6 heteroatoms. The van der Waals surface area contributed by atoms with E-state index >= 15 is 0 Å². The van der Waals surface area contributed by atoms with Crippen LogP contribution in [0.5, 0.6) is 5.75 Å². The predicted octanol–water partition coefficient (Wildman–Crippen LogP) is 3.74. The third-order valence-corrected chi connectivity index (χ3v) is 3.87. The molecule has 0 spiro atoms. The third kappa shape index (κ3) is 4.99. The standard InChI is InChI=1S/C15H12Br2N2O2/c16-12-6-2-1-5-11(12)9-18-19-15(20)10-21-14-8-4-3-7-13(14)17/h1-9H,10H2,(H,19,20). The first-order chi connectivity index (χ1) is 10.2. The Morgan fingerprint density at radius 2 is 1.76 bits per heavy atom. The molecule has 0 saturated carbocycles. The molecule has 0 aliphatic carbocycles. The molecule has 1 N–H and O–H groups in total. The number of carbonyl (C=O) groups is 1. The van der Waals surface area contributed by atoms with E-state index in [0.29, 0.717) is 5.75 Å². The highest BCUT2D eigenvalue weighted by atomic mass is 79.9. The summed E-state index contributed by atoms with van der Waals surface area (Å²) in [7, 11) is 0. The molecule has 1 amide bonds. The predicted molar refractivity (Wildman–Crippen MR) is 89.5 cm³/mol. The molecule has 0 fully saturated rings. The van der Waals surface area contributed by atoms with Gasteiger partial charge in [-0.3, -0.25) is 4.79 Å².